The average molecular weight is 334 g/mol. The summed E-state index contributed by atoms with van der Waals surface area (Å²) in [6.07, 6.45) is 2.11. The van der Waals surface area contributed by atoms with Gasteiger partial charge in [0, 0.05) is 12.0 Å². The van der Waals surface area contributed by atoms with Gasteiger partial charge >= 0.3 is 0 Å². The largest absolute Gasteiger partial charge is 0.416 e. The number of para-hydroxylation sites is 2. The van der Waals surface area contributed by atoms with Crippen LogP contribution in [0.25, 0.3) is 0 Å². The number of benzene rings is 1. The summed E-state index contributed by atoms with van der Waals surface area (Å²) >= 11 is 1.13. The zero-order valence-electron chi connectivity index (χ0n) is 12.3. The number of nitro benzene ring substituents is 1. The number of nitro groups is 1. The Morgan fingerprint density at radius 1 is 1.43 bits per heavy atom. The number of aromatic nitrogens is 2. The van der Waals surface area contributed by atoms with Crippen LogP contribution >= 0.6 is 11.8 Å². The van der Waals surface area contributed by atoms with Crippen LogP contribution in [0.15, 0.2) is 33.9 Å². The van der Waals surface area contributed by atoms with Gasteiger partial charge in [-0.25, -0.2) is 0 Å². The second-order valence-electron chi connectivity index (χ2n) is 5.20. The van der Waals surface area contributed by atoms with Crippen molar-refractivity contribution in [1.29, 1.82) is 0 Å². The van der Waals surface area contributed by atoms with Gasteiger partial charge in [0.25, 0.3) is 10.9 Å². The highest BCUT2D eigenvalue weighted by atomic mass is 32.2. The van der Waals surface area contributed by atoms with Gasteiger partial charge in [0.05, 0.1) is 10.2 Å². The Kier molecular flexibility index (Phi) is 4.28. The number of thioether (sulfide) groups is 1. The molecule has 8 nitrogen and oxygen atoms in total. The zero-order valence-corrected chi connectivity index (χ0v) is 13.1. The van der Waals surface area contributed by atoms with Crippen LogP contribution in [0.2, 0.25) is 0 Å². The molecule has 0 aliphatic heterocycles. The Balaban J connectivity index is 1.64. The summed E-state index contributed by atoms with van der Waals surface area (Å²) in [6.45, 7) is 1.68. The van der Waals surface area contributed by atoms with E-state index >= 15 is 0 Å². The van der Waals surface area contributed by atoms with Crippen LogP contribution in [0.4, 0.5) is 11.4 Å². The van der Waals surface area contributed by atoms with E-state index in [9.17, 15) is 14.9 Å². The molecule has 120 valence electrons. The van der Waals surface area contributed by atoms with E-state index < -0.39 is 10.2 Å². The number of amides is 1. The molecule has 1 aliphatic carbocycles. The molecule has 0 radical (unpaired) electrons. The van der Waals surface area contributed by atoms with Crippen molar-refractivity contribution in [2.75, 3.05) is 5.32 Å². The van der Waals surface area contributed by atoms with E-state index in [0.717, 1.165) is 24.6 Å². The summed E-state index contributed by atoms with van der Waals surface area (Å²) < 4.78 is 5.49. The first-order chi connectivity index (χ1) is 11.0. The van der Waals surface area contributed by atoms with Crippen molar-refractivity contribution in [3.63, 3.8) is 0 Å². The van der Waals surface area contributed by atoms with Crippen LogP contribution in [0.5, 0.6) is 0 Å². The Morgan fingerprint density at radius 3 is 2.87 bits per heavy atom. The highest BCUT2D eigenvalue weighted by Crippen LogP contribution is 2.40. The number of carbonyl (C=O) groups excluding carboxylic acids is 1. The van der Waals surface area contributed by atoms with E-state index in [0.29, 0.717) is 17.0 Å². The van der Waals surface area contributed by atoms with E-state index in [2.05, 4.69) is 15.5 Å². The number of hydrogen-bond acceptors (Lipinski definition) is 7. The lowest BCUT2D eigenvalue weighted by Gasteiger charge is -2.09. The van der Waals surface area contributed by atoms with Crippen molar-refractivity contribution in [1.82, 2.24) is 10.2 Å². The first-order valence-electron chi connectivity index (χ1n) is 7.09. The highest BCUT2D eigenvalue weighted by molar-refractivity contribution is 8.00. The van der Waals surface area contributed by atoms with Gasteiger partial charge in [-0.2, -0.15) is 0 Å². The third-order valence-electron chi connectivity index (χ3n) is 3.35. The molecule has 2 aromatic rings. The number of nitrogens with one attached hydrogen (secondary N) is 1. The molecule has 1 amide bonds. The first-order valence-corrected chi connectivity index (χ1v) is 7.97. The smallest absolute Gasteiger partial charge is 0.292 e. The van der Waals surface area contributed by atoms with Crippen LogP contribution in [0.3, 0.4) is 0 Å². The lowest BCUT2D eigenvalue weighted by Crippen LogP contribution is -2.22. The maximum Gasteiger partial charge on any atom is 0.292 e. The predicted molar refractivity (Wildman–Crippen MR) is 83.3 cm³/mol. The van der Waals surface area contributed by atoms with Gasteiger partial charge < -0.3 is 9.73 Å². The molecule has 1 heterocycles. The number of hydrogen-bond donors (Lipinski definition) is 1. The third kappa shape index (κ3) is 3.67. The second kappa shape index (κ2) is 6.37. The predicted octanol–water partition coefficient (Wildman–Crippen LogP) is 2.97. The lowest BCUT2D eigenvalue weighted by molar-refractivity contribution is -0.383. The molecule has 1 aromatic carbocycles. The summed E-state index contributed by atoms with van der Waals surface area (Å²) in [5.74, 6) is 0.599. The molecule has 1 aromatic heterocycles. The number of nitrogens with zero attached hydrogens (tertiary/aromatic N) is 3. The normalized spacial score (nSPS) is 15.2. The average Bonchev–Trinajstić information content (AvgIpc) is 3.28. The number of rotatable bonds is 6. The van der Waals surface area contributed by atoms with Crippen molar-refractivity contribution in [2.45, 2.75) is 36.2 Å². The fourth-order valence-corrected chi connectivity index (χ4v) is 2.63. The van der Waals surface area contributed by atoms with Crippen molar-refractivity contribution in [2.24, 2.45) is 0 Å². The molecule has 9 heteroatoms. The van der Waals surface area contributed by atoms with Crippen LogP contribution < -0.4 is 5.32 Å². The van der Waals surface area contributed by atoms with Crippen molar-refractivity contribution >= 4 is 29.0 Å². The maximum absolute atomic E-state index is 12.2. The molecule has 1 atom stereocenters. The third-order valence-corrected chi connectivity index (χ3v) is 4.29. The Labute approximate surface area is 135 Å². The minimum absolute atomic E-state index is 0.146. The van der Waals surface area contributed by atoms with E-state index in [1.807, 2.05) is 0 Å². The summed E-state index contributed by atoms with van der Waals surface area (Å²) in [4.78, 5) is 22.6. The van der Waals surface area contributed by atoms with Gasteiger partial charge in [0.15, 0.2) is 0 Å². The minimum Gasteiger partial charge on any atom is -0.416 e. The van der Waals surface area contributed by atoms with Gasteiger partial charge in [-0.05, 0) is 25.8 Å². The molecule has 0 spiro atoms. The standard InChI is InChI=1S/C14H14N4O4S/c1-8(23-14-17-16-13(22-14)9-6-7-9)12(19)15-10-4-2-3-5-11(10)18(20)21/h2-5,8-9H,6-7H2,1H3,(H,15,19)/t8-/m1/s1. The summed E-state index contributed by atoms with van der Waals surface area (Å²) in [7, 11) is 0. The fourth-order valence-electron chi connectivity index (χ4n) is 1.94. The van der Waals surface area contributed by atoms with Gasteiger partial charge in [-0.1, -0.05) is 23.9 Å². The summed E-state index contributed by atoms with van der Waals surface area (Å²) in [5, 5.41) is 21.2. The SMILES string of the molecule is C[C@@H](Sc1nnc(C2CC2)o1)C(=O)Nc1ccccc1[N+](=O)[O-]. The molecule has 23 heavy (non-hydrogen) atoms. The minimum atomic E-state index is -0.534. The van der Waals surface area contributed by atoms with Crippen molar-refractivity contribution in [3.8, 4) is 0 Å². The van der Waals surface area contributed by atoms with E-state index in [1.165, 1.54) is 12.1 Å². The summed E-state index contributed by atoms with van der Waals surface area (Å²) in [6, 6.07) is 6.00. The molecule has 1 fully saturated rings. The Morgan fingerprint density at radius 2 is 2.17 bits per heavy atom. The van der Waals surface area contributed by atoms with E-state index in [1.54, 1.807) is 19.1 Å². The van der Waals surface area contributed by atoms with Crippen LogP contribution in [-0.4, -0.2) is 26.3 Å². The molecular formula is C14H14N4O4S. The first kappa shape index (κ1) is 15.5. The van der Waals surface area contributed by atoms with Crippen molar-refractivity contribution in [3.05, 3.63) is 40.3 Å². The monoisotopic (exact) mass is 334 g/mol. The molecule has 3 rings (SSSR count). The fraction of sp³-hybridized carbons (Fsp3) is 0.357. The van der Waals surface area contributed by atoms with Crippen LogP contribution in [0.1, 0.15) is 31.6 Å². The Hall–Kier alpha value is -2.42. The molecule has 0 saturated heterocycles. The molecule has 0 unspecified atom stereocenters. The van der Waals surface area contributed by atoms with Gasteiger partial charge in [-0.3, -0.25) is 14.9 Å². The number of anilines is 1. The van der Waals surface area contributed by atoms with Crippen LogP contribution in [-0.2, 0) is 4.79 Å². The van der Waals surface area contributed by atoms with E-state index in [-0.39, 0.29) is 17.3 Å². The molecule has 1 N–H and O–H groups in total. The van der Waals surface area contributed by atoms with Gasteiger partial charge in [0.1, 0.15) is 5.69 Å². The quantitative estimate of drug-likeness (QED) is 0.491. The molecule has 0 bridgehead atoms. The number of carbonyl (C=O) groups is 1. The van der Waals surface area contributed by atoms with Crippen LogP contribution in [0, 0.1) is 10.1 Å². The lowest BCUT2D eigenvalue weighted by atomic mass is 10.2. The molecular weight excluding hydrogens is 320 g/mol. The van der Waals surface area contributed by atoms with Crippen molar-refractivity contribution < 1.29 is 14.1 Å². The molecule has 1 aliphatic rings. The van der Waals surface area contributed by atoms with Gasteiger partial charge in [-0.15, -0.1) is 10.2 Å². The topological polar surface area (TPSA) is 111 Å². The molecule has 1 saturated carbocycles. The Bertz CT molecular complexity index is 744. The van der Waals surface area contributed by atoms with Gasteiger partial charge in [0.2, 0.25) is 11.8 Å². The second-order valence-corrected chi connectivity index (χ2v) is 6.50. The zero-order chi connectivity index (χ0) is 16.4. The highest BCUT2D eigenvalue weighted by Gasteiger charge is 2.30. The summed E-state index contributed by atoms with van der Waals surface area (Å²) in [5.41, 5.74) is 0.0195. The van der Waals surface area contributed by atoms with E-state index in [4.69, 9.17) is 4.42 Å². The maximum atomic E-state index is 12.2.